The lowest BCUT2D eigenvalue weighted by molar-refractivity contribution is 0.112. The number of hydrogen-bond acceptors (Lipinski definition) is 4. The number of benzene rings is 1. The van der Waals surface area contributed by atoms with E-state index < -0.39 is 0 Å². The number of aldehydes is 1. The molecule has 1 aromatic heterocycles. The number of nitrogens with zero attached hydrogens (tertiary/aromatic N) is 1. The number of carbonyl (C=O) groups excluding carboxylic acids is 1. The van der Waals surface area contributed by atoms with Crippen molar-refractivity contribution in [2.45, 2.75) is 0 Å². The second-order valence-corrected chi connectivity index (χ2v) is 3.14. The van der Waals surface area contributed by atoms with Crippen molar-refractivity contribution in [3.05, 3.63) is 35.3 Å². The normalized spacial score (nSPS) is 10.2. The van der Waals surface area contributed by atoms with E-state index in [2.05, 4.69) is 4.98 Å². The fourth-order valence-electron chi connectivity index (χ4n) is 1.24. The summed E-state index contributed by atoms with van der Waals surface area (Å²) < 4.78 is 5.04. The van der Waals surface area contributed by atoms with Gasteiger partial charge in [0.05, 0.1) is 5.56 Å². The molecular formula is C10H6ClNO3. The van der Waals surface area contributed by atoms with Crippen molar-refractivity contribution in [1.82, 2.24) is 4.98 Å². The molecule has 2 rings (SSSR count). The second kappa shape index (κ2) is 3.74. The van der Waals surface area contributed by atoms with Crippen LogP contribution in [0.25, 0.3) is 11.3 Å². The molecule has 1 heterocycles. The molecular weight excluding hydrogens is 218 g/mol. The number of halogens is 1. The van der Waals surface area contributed by atoms with Gasteiger partial charge in [0.25, 0.3) is 5.35 Å². The van der Waals surface area contributed by atoms with Crippen LogP contribution in [-0.4, -0.2) is 16.4 Å². The summed E-state index contributed by atoms with van der Waals surface area (Å²) >= 11 is 5.53. The molecule has 4 nitrogen and oxygen atoms in total. The summed E-state index contributed by atoms with van der Waals surface area (Å²) in [5.41, 5.74) is 0.459. The average Bonchev–Trinajstić information content (AvgIpc) is 2.60. The maximum atomic E-state index is 10.7. The van der Waals surface area contributed by atoms with E-state index >= 15 is 0 Å². The highest BCUT2D eigenvalue weighted by molar-refractivity contribution is 6.28. The fourth-order valence-corrected chi connectivity index (χ4v) is 1.41. The molecule has 76 valence electrons. The minimum Gasteiger partial charge on any atom is -0.507 e. The summed E-state index contributed by atoms with van der Waals surface area (Å²) in [6, 6.07) is 6.47. The highest BCUT2D eigenvalue weighted by atomic mass is 35.5. The van der Waals surface area contributed by atoms with Crippen molar-refractivity contribution in [3.8, 4) is 17.1 Å². The van der Waals surface area contributed by atoms with Crippen molar-refractivity contribution < 1.29 is 14.3 Å². The molecule has 0 radical (unpaired) electrons. The molecule has 0 amide bonds. The zero-order valence-electron chi connectivity index (χ0n) is 7.48. The van der Waals surface area contributed by atoms with Gasteiger partial charge >= 0.3 is 0 Å². The number of oxazole rings is 1. The van der Waals surface area contributed by atoms with E-state index in [1.807, 2.05) is 0 Å². The van der Waals surface area contributed by atoms with Crippen molar-refractivity contribution in [2.75, 3.05) is 0 Å². The predicted molar refractivity (Wildman–Crippen MR) is 54.0 cm³/mol. The van der Waals surface area contributed by atoms with Gasteiger partial charge in [-0.05, 0) is 23.7 Å². The zero-order chi connectivity index (χ0) is 10.8. The Morgan fingerprint density at radius 1 is 1.40 bits per heavy atom. The molecule has 0 aliphatic heterocycles. The molecule has 0 saturated carbocycles. The number of phenolic OH excluding ortho intramolecular Hbond substituents is 1. The SMILES string of the molecule is O=Cc1nc(Cl)oc1-c1ccccc1O. The molecule has 1 aromatic carbocycles. The van der Waals surface area contributed by atoms with Crippen molar-refractivity contribution in [2.24, 2.45) is 0 Å². The van der Waals surface area contributed by atoms with Gasteiger partial charge in [-0.25, -0.2) is 0 Å². The van der Waals surface area contributed by atoms with Crippen LogP contribution < -0.4 is 0 Å². The zero-order valence-corrected chi connectivity index (χ0v) is 8.23. The number of carbonyl (C=O) groups is 1. The maximum Gasteiger partial charge on any atom is 0.293 e. The smallest absolute Gasteiger partial charge is 0.293 e. The minimum atomic E-state index is -0.129. The van der Waals surface area contributed by atoms with Gasteiger partial charge in [-0.2, -0.15) is 4.98 Å². The molecule has 0 bridgehead atoms. The summed E-state index contributed by atoms with van der Waals surface area (Å²) in [4.78, 5) is 14.3. The first-order chi connectivity index (χ1) is 7.22. The van der Waals surface area contributed by atoms with Crippen molar-refractivity contribution in [3.63, 3.8) is 0 Å². The third-order valence-corrected chi connectivity index (χ3v) is 2.05. The number of aromatic hydroxyl groups is 1. The first-order valence-electron chi connectivity index (χ1n) is 4.12. The van der Waals surface area contributed by atoms with Crippen LogP contribution in [0.2, 0.25) is 5.35 Å². The topological polar surface area (TPSA) is 63.3 Å². The molecule has 1 N–H and O–H groups in total. The van der Waals surface area contributed by atoms with Crippen molar-refractivity contribution in [1.29, 1.82) is 0 Å². The quantitative estimate of drug-likeness (QED) is 0.795. The van der Waals surface area contributed by atoms with Crippen LogP contribution in [0.3, 0.4) is 0 Å². The molecule has 0 saturated heterocycles. The molecule has 5 heteroatoms. The maximum absolute atomic E-state index is 10.7. The molecule has 2 aromatic rings. The van der Waals surface area contributed by atoms with E-state index in [1.54, 1.807) is 18.2 Å². The molecule has 0 aliphatic carbocycles. The summed E-state index contributed by atoms with van der Waals surface area (Å²) in [5, 5.41) is 9.42. The average molecular weight is 224 g/mol. The van der Waals surface area contributed by atoms with Gasteiger partial charge in [-0.15, -0.1) is 0 Å². The molecule has 0 unspecified atom stereocenters. The third kappa shape index (κ3) is 1.71. The van der Waals surface area contributed by atoms with Gasteiger partial charge in [0.2, 0.25) is 0 Å². The summed E-state index contributed by atoms with van der Waals surface area (Å²) in [6.07, 6.45) is 0.525. The van der Waals surface area contributed by atoms with Gasteiger partial charge in [0.15, 0.2) is 17.7 Å². The number of hydrogen-bond donors (Lipinski definition) is 1. The van der Waals surface area contributed by atoms with Crippen LogP contribution in [-0.2, 0) is 0 Å². The lowest BCUT2D eigenvalue weighted by Gasteiger charge is -1.99. The third-order valence-electron chi connectivity index (χ3n) is 1.89. The van der Waals surface area contributed by atoms with Crippen LogP contribution in [0.15, 0.2) is 28.7 Å². The predicted octanol–water partition coefficient (Wildman–Crippen LogP) is 2.51. The Hall–Kier alpha value is -1.81. The van der Waals surface area contributed by atoms with Gasteiger partial charge in [-0.3, -0.25) is 4.79 Å². The first-order valence-corrected chi connectivity index (χ1v) is 4.50. The van der Waals surface area contributed by atoms with Crippen LogP contribution in [0.1, 0.15) is 10.5 Å². The van der Waals surface area contributed by atoms with Crippen LogP contribution in [0.5, 0.6) is 5.75 Å². The Bertz CT molecular complexity index is 507. The Morgan fingerprint density at radius 2 is 2.13 bits per heavy atom. The van der Waals surface area contributed by atoms with Crippen LogP contribution in [0.4, 0.5) is 0 Å². The standard InChI is InChI=1S/C10H6ClNO3/c11-10-12-7(5-13)9(15-10)6-3-1-2-4-8(6)14/h1-5,14H. The Labute approximate surface area is 90.1 Å². The molecule has 0 spiro atoms. The van der Waals surface area contributed by atoms with E-state index in [0.717, 1.165) is 0 Å². The number of phenols is 1. The number of aromatic nitrogens is 1. The van der Waals surface area contributed by atoms with E-state index in [4.69, 9.17) is 16.0 Å². The van der Waals surface area contributed by atoms with E-state index in [-0.39, 0.29) is 22.6 Å². The first kappa shape index (κ1) is 9.73. The highest BCUT2D eigenvalue weighted by Gasteiger charge is 2.15. The Morgan fingerprint density at radius 3 is 2.80 bits per heavy atom. The Balaban J connectivity index is 2.63. The second-order valence-electron chi connectivity index (χ2n) is 2.82. The van der Waals surface area contributed by atoms with Crippen molar-refractivity contribution >= 4 is 17.9 Å². The van der Waals surface area contributed by atoms with E-state index in [9.17, 15) is 9.90 Å². The lowest BCUT2D eigenvalue weighted by Crippen LogP contribution is -1.84. The van der Waals surface area contributed by atoms with E-state index in [1.165, 1.54) is 6.07 Å². The van der Waals surface area contributed by atoms with Crippen LogP contribution in [0, 0.1) is 0 Å². The molecule has 0 fully saturated rings. The fraction of sp³-hybridized carbons (Fsp3) is 0. The summed E-state index contributed by atoms with van der Waals surface area (Å²) in [7, 11) is 0. The molecule has 0 atom stereocenters. The highest BCUT2D eigenvalue weighted by Crippen LogP contribution is 2.32. The Kier molecular flexibility index (Phi) is 2.43. The molecule has 15 heavy (non-hydrogen) atoms. The van der Waals surface area contributed by atoms with E-state index in [0.29, 0.717) is 11.8 Å². The largest absolute Gasteiger partial charge is 0.507 e. The van der Waals surface area contributed by atoms with Gasteiger partial charge in [-0.1, -0.05) is 12.1 Å². The van der Waals surface area contributed by atoms with Gasteiger partial charge in [0, 0.05) is 0 Å². The van der Waals surface area contributed by atoms with Crippen LogP contribution >= 0.6 is 11.6 Å². The number of para-hydroxylation sites is 1. The minimum absolute atomic E-state index is 0.00779. The summed E-state index contributed by atoms with van der Waals surface area (Å²) in [5.74, 6) is 0.182. The van der Waals surface area contributed by atoms with Gasteiger partial charge < -0.3 is 9.52 Å². The summed E-state index contributed by atoms with van der Waals surface area (Å²) in [6.45, 7) is 0. The molecule has 0 aliphatic rings. The van der Waals surface area contributed by atoms with Gasteiger partial charge in [0.1, 0.15) is 5.75 Å². The lowest BCUT2D eigenvalue weighted by atomic mass is 10.1. The number of rotatable bonds is 2. The monoisotopic (exact) mass is 223 g/mol.